The lowest BCUT2D eigenvalue weighted by Gasteiger charge is -2.19. The largest absolute Gasteiger partial charge is 0.497 e. The number of amides is 1. The van der Waals surface area contributed by atoms with Crippen molar-refractivity contribution in [2.24, 2.45) is 7.05 Å². The number of methoxy groups -OCH3 is 2. The van der Waals surface area contributed by atoms with Crippen molar-refractivity contribution >= 4 is 16.8 Å². The quantitative estimate of drug-likeness (QED) is 0.323. The number of halogens is 3. The topological polar surface area (TPSA) is 52.5 Å². The number of rotatable bonds is 8. The molecule has 0 aliphatic rings. The van der Waals surface area contributed by atoms with E-state index in [0.717, 1.165) is 34.2 Å². The van der Waals surface area contributed by atoms with Crippen LogP contribution in [0.15, 0.2) is 72.9 Å². The van der Waals surface area contributed by atoms with Crippen LogP contribution >= 0.6 is 0 Å². The molecule has 0 saturated heterocycles. The summed E-state index contributed by atoms with van der Waals surface area (Å²) < 4.78 is 52.1. The maximum absolute atomic E-state index is 13.1. The van der Waals surface area contributed by atoms with Crippen molar-refractivity contribution in [3.8, 4) is 11.5 Å². The van der Waals surface area contributed by atoms with Gasteiger partial charge in [0.2, 0.25) is 5.91 Å². The van der Waals surface area contributed by atoms with Crippen molar-refractivity contribution in [1.29, 1.82) is 0 Å². The van der Waals surface area contributed by atoms with Gasteiger partial charge in [0.05, 0.1) is 19.8 Å². The summed E-state index contributed by atoms with van der Waals surface area (Å²) in [6.07, 6.45) is -2.35. The Labute approximate surface area is 207 Å². The van der Waals surface area contributed by atoms with Gasteiger partial charge in [-0.25, -0.2) is 0 Å². The maximum atomic E-state index is 13.1. The third-order valence-corrected chi connectivity index (χ3v) is 6.21. The van der Waals surface area contributed by atoms with Crippen LogP contribution in [0.4, 0.5) is 13.2 Å². The number of aryl methyl sites for hydroxylation is 1. The lowest BCUT2D eigenvalue weighted by atomic mass is 9.87. The molecule has 0 aliphatic heterocycles. The molecule has 0 fully saturated rings. The molecule has 0 radical (unpaired) electrons. The van der Waals surface area contributed by atoms with Crippen LogP contribution in [-0.2, 0) is 24.6 Å². The molecule has 188 valence electrons. The zero-order valence-corrected chi connectivity index (χ0v) is 20.2. The fourth-order valence-corrected chi connectivity index (χ4v) is 4.40. The first-order valence-corrected chi connectivity index (χ1v) is 11.4. The van der Waals surface area contributed by atoms with E-state index in [1.54, 1.807) is 26.4 Å². The number of hydrogen-bond donors (Lipinski definition) is 1. The van der Waals surface area contributed by atoms with Crippen LogP contribution < -0.4 is 14.8 Å². The van der Waals surface area contributed by atoms with Gasteiger partial charge >= 0.3 is 6.18 Å². The summed E-state index contributed by atoms with van der Waals surface area (Å²) in [5.74, 6) is 0.562. The van der Waals surface area contributed by atoms with Crippen molar-refractivity contribution < 1.29 is 27.4 Å². The second-order valence-electron chi connectivity index (χ2n) is 8.59. The molecule has 1 unspecified atom stereocenters. The van der Waals surface area contributed by atoms with E-state index >= 15 is 0 Å². The molecule has 3 aromatic carbocycles. The molecule has 8 heteroatoms. The van der Waals surface area contributed by atoms with Gasteiger partial charge in [0.25, 0.3) is 0 Å². The van der Waals surface area contributed by atoms with E-state index in [1.165, 1.54) is 6.07 Å². The van der Waals surface area contributed by atoms with Crippen LogP contribution in [0.3, 0.4) is 0 Å². The third kappa shape index (κ3) is 5.48. The summed E-state index contributed by atoms with van der Waals surface area (Å²) in [4.78, 5) is 13.1. The first kappa shape index (κ1) is 25.2. The standard InChI is InChI=1S/C28H27F3N2O3/c1-33-17-25(23-9-4-5-10-26(23)33)24(19-12-21(35-2)14-22(13-19)36-3)15-27(34)32-16-18-7-6-8-20(11-18)28(29,30)31/h4-14,17,24H,15-16H2,1-3H3,(H,32,34). The molecule has 4 rings (SSSR count). The fraction of sp³-hybridized carbons (Fsp3) is 0.250. The molecule has 1 heterocycles. The number of para-hydroxylation sites is 1. The molecule has 0 bridgehead atoms. The summed E-state index contributed by atoms with van der Waals surface area (Å²) in [7, 11) is 5.07. The summed E-state index contributed by atoms with van der Waals surface area (Å²) in [5, 5.41) is 3.80. The maximum Gasteiger partial charge on any atom is 0.416 e. The van der Waals surface area contributed by atoms with Gasteiger partial charge in [-0.15, -0.1) is 0 Å². The van der Waals surface area contributed by atoms with Crippen molar-refractivity contribution in [2.45, 2.75) is 25.1 Å². The summed E-state index contributed by atoms with van der Waals surface area (Å²) in [5.41, 5.74) is 2.44. The highest BCUT2D eigenvalue weighted by Gasteiger charge is 2.30. The molecule has 5 nitrogen and oxygen atoms in total. The van der Waals surface area contributed by atoms with Crippen LogP contribution in [0.25, 0.3) is 10.9 Å². The molecule has 36 heavy (non-hydrogen) atoms. The monoisotopic (exact) mass is 496 g/mol. The number of aromatic nitrogens is 1. The average molecular weight is 497 g/mol. The number of hydrogen-bond acceptors (Lipinski definition) is 3. The van der Waals surface area contributed by atoms with E-state index in [1.807, 2.05) is 54.2 Å². The molecule has 1 aromatic heterocycles. The second kappa shape index (κ2) is 10.4. The van der Waals surface area contributed by atoms with Crippen molar-refractivity contribution in [1.82, 2.24) is 9.88 Å². The third-order valence-electron chi connectivity index (χ3n) is 6.21. The summed E-state index contributed by atoms with van der Waals surface area (Å²) >= 11 is 0. The summed E-state index contributed by atoms with van der Waals surface area (Å²) in [6, 6.07) is 18.4. The molecule has 1 atom stereocenters. The Balaban J connectivity index is 1.65. The minimum atomic E-state index is -4.44. The number of ether oxygens (including phenoxy) is 2. The van der Waals surface area contributed by atoms with Gasteiger partial charge in [-0.2, -0.15) is 13.2 Å². The first-order valence-electron chi connectivity index (χ1n) is 11.4. The molecule has 0 aliphatic carbocycles. The highest BCUT2D eigenvalue weighted by molar-refractivity contribution is 5.86. The average Bonchev–Trinajstić information content (AvgIpc) is 3.21. The van der Waals surface area contributed by atoms with Gasteiger partial charge in [-0.3, -0.25) is 4.79 Å². The van der Waals surface area contributed by atoms with E-state index in [2.05, 4.69) is 5.32 Å². The fourth-order valence-electron chi connectivity index (χ4n) is 4.40. The summed E-state index contributed by atoms with van der Waals surface area (Å²) in [6.45, 7) is -0.00750. The van der Waals surface area contributed by atoms with Crippen molar-refractivity contribution in [3.63, 3.8) is 0 Å². The Morgan fingerprint density at radius 1 is 0.972 bits per heavy atom. The lowest BCUT2D eigenvalue weighted by molar-refractivity contribution is -0.137. The number of fused-ring (bicyclic) bond motifs is 1. The van der Waals surface area contributed by atoms with Crippen LogP contribution in [0, 0.1) is 0 Å². The Kier molecular flexibility index (Phi) is 7.24. The van der Waals surface area contributed by atoms with E-state index in [9.17, 15) is 18.0 Å². The van der Waals surface area contributed by atoms with Crippen LogP contribution in [-0.4, -0.2) is 24.7 Å². The zero-order valence-electron chi connectivity index (χ0n) is 20.2. The predicted octanol–water partition coefficient (Wildman–Crippen LogP) is 6.05. The normalized spacial score (nSPS) is 12.4. The van der Waals surface area contributed by atoms with Crippen molar-refractivity contribution in [3.05, 3.63) is 95.2 Å². The van der Waals surface area contributed by atoms with Gasteiger partial charge in [0, 0.05) is 49.1 Å². The zero-order chi connectivity index (χ0) is 25.9. The van der Waals surface area contributed by atoms with Gasteiger partial charge in [0.15, 0.2) is 0 Å². The number of nitrogens with zero attached hydrogens (tertiary/aromatic N) is 1. The Morgan fingerprint density at radius 2 is 1.67 bits per heavy atom. The Hall–Kier alpha value is -3.94. The Bertz CT molecular complexity index is 1360. The van der Waals surface area contributed by atoms with Gasteiger partial charge in [-0.1, -0.05) is 30.3 Å². The van der Waals surface area contributed by atoms with Gasteiger partial charge in [-0.05, 0) is 47.0 Å². The number of benzene rings is 3. The molecule has 1 N–H and O–H groups in total. The number of carbonyl (C=O) groups is 1. The van der Waals surface area contributed by atoms with Crippen LogP contribution in [0.1, 0.15) is 34.6 Å². The van der Waals surface area contributed by atoms with E-state index in [4.69, 9.17) is 9.47 Å². The predicted molar refractivity (Wildman–Crippen MR) is 132 cm³/mol. The van der Waals surface area contributed by atoms with Gasteiger partial charge < -0.3 is 19.4 Å². The van der Waals surface area contributed by atoms with Crippen molar-refractivity contribution in [2.75, 3.05) is 14.2 Å². The number of alkyl halides is 3. The highest BCUT2D eigenvalue weighted by atomic mass is 19.4. The van der Waals surface area contributed by atoms with Crippen LogP contribution in [0.5, 0.6) is 11.5 Å². The van der Waals surface area contributed by atoms with Gasteiger partial charge in [0.1, 0.15) is 11.5 Å². The SMILES string of the molecule is COc1cc(OC)cc(C(CC(=O)NCc2cccc(C(F)(F)F)c2)c2cn(C)c3ccccc23)c1. The van der Waals surface area contributed by atoms with E-state index in [0.29, 0.717) is 17.1 Å². The number of carbonyl (C=O) groups excluding carboxylic acids is 1. The lowest BCUT2D eigenvalue weighted by Crippen LogP contribution is -2.25. The minimum absolute atomic E-state index is 0.00750. The highest BCUT2D eigenvalue weighted by Crippen LogP contribution is 2.37. The van der Waals surface area contributed by atoms with E-state index in [-0.39, 0.29) is 24.8 Å². The molecular formula is C28H27F3N2O3. The molecular weight excluding hydrogens is 469 g/mol. The Morgan fingerprint density at radius 3 is 2.33 bits per heavy atom. The van der Waals surface area contributed by atoms with E-state index < -0.39 is 11.7 Å². The number of nitrogens with one attached hydrogen (secondary N) is 1. The first-order chi connectivity index (χ1) is 17.2. The smallest absolute Gasteiger partial charge is 0.416 e. The second-order valence-corrected chi connectivity index (χ2v) is 8.59. The van der Waals surface area contributed by atoms with Crippen LogP contribution in [0.2, 0.25) is 0 Å². The molecule has 1 amide bonds. The molecule has 0 spiro atoms. The molecule has 0 saturated carbocycles. The molecule has 4 aromatic rings. The minimum Gasteiger partial charge on any atom is -0.497 e.